The van der Waals surface area contributed by atoms with E-state index < -0.39 is 0 Å². The molecule has 38 heavy (non-hydrogen) atoms. The molecular formula is C29H26Cl2N2O5. The van der Waals surface area contributed by atoms with Gasteiger partial charge in [0.1, 0.15) is 18.5 Å². The molecule has 0 radical (unpaired) electrons. The Bertz CT molecular complexity index is 1400. The Balaban J connectivity index is 1.29. The zero-order valence-electron chi connectivity index (χ0n) is 20.7. The molecule has 1 unspecified atom stereocenters. The molecule has 9 heteroatoms. The van der Waals surface area contributed by atoms with E-state index in [2.05, 4.69) is 4.98 Å². The van der Waals surface area contributed by atoms with Crippen LogP contribution in [-0.4, -0.2) is 30.5 Å². The Morgan fingerprint density at radius 2 is 1.84 bits per heavy atom. The van der Waals surface area contributed by atoms with Gasteiger partial charge in [0.05, 0.1) is 34.0 Å². The number of aryl methyl sites for hydroxylation is 1. The molecule has 1 aliphatic carbocycles. The van der Waals surface area contributed by atoms with E-state index in [1.54, 1.807) is 42.6 Å². The molecule has 196 valence electrons. The van der Waals surface area contributed by atoms with E-state index in [-0.39, 0.29) is 36.1 Å². The first kappa shape index (κ1) is 26.1. The minimum Gasteiger partial charge on any atom is -0.485 e. The summed E-state index contributed by atoms with van der Waals surface area (Å²) < 4.78 is 16.9. The summed E-state index contributed by atoms with van der Waals surface area (Å²) in [6.07, 6.45) is 4.66. The maximum Gasteiger partial charge on any atom is 0.337 e. The summed E-state index contributed by atoms with van der Waals surface area (Å²) in [5.41, 5.74) is 9.77. The number of nitrogens with two attached hydrogens (primary N) is 1. The van der Waals surface area contributed by atoms with Gasteiger partial charge in [0, 0.05) is 29.3 Å². The van der Waals surface area contributed by atoms with Crippen molar-refractivity contribution in [1.29, 1.82) is 0 Å². The van der Waals surface area contributed by atoms with Crippen molar-refractivity contribution in [3.8, 4) is 11.6 Å². The highest BCUT2D eigenvalue weighted by Gasteiger charge is 2.34. The van der Waals surface area contributed by atoms with Crippen molar-refractivity contribution in [2.45, 2.75) is 31.8 Å². The van der Waals surface area contributed by atoms with Crippen LogP contribution in [0.4, 0.5) is 0 Å². The van der Waals surface area contributed by atoms with Crippen LogP contribution >= 0.6 is 23.2 Å². The van der Waals surface area contributed by atoms with E-state index >= 15 is 0 Å². The number of hydrogen-bond donors (Lipinski definition) is 1. The fourth-order valence-corrected chi connectivity index (χ4v) is 5.06. The monoisotopic (exact) mass is 552 g/mol. The van der Waals surface area contributed by atoms with Gasteiger partial charge in [-0.2, -0.15) is 0 Å². The molecule has 1 aromatic heterocycles. The van der Waals surface area contributed by atoms with Crippen LogP contribution in [0, 0.1) is 5.92 Å². The van der Waals surface area contributed by atoms with Crippen molar-refractivity contribution in [2.24, 2.45) is 11.7 Å². The molecule has 0 saturated heterocycles. The van der Waals surface area contributed by atoms with Crippen molar-refractivity contribution in [3.63, 3.8) is 0 Å². The number of methoxy groups -OCH3 is 1. The van der Waals surface area contributed by atoms with Crippen LogP contribution in [0.15, 0.2) is 60.3 Å². The SMILES string of the molecule is COC(=O)c1ccc2c(c1)CCC(c1ccc(OCC(C(=O)C3CC3)=C(N)c3c(Cl)cccc3Cl)nc1)O2. The van der Waals surface area contributed by atoms with E-state index in [1.165, 1.54) is 7.11 Å². The minimum absolute atomic E-state index is 0.0507. The van der Waals surface area contributed by atoms with E-state index in [0.717, 1.165) is 42.6 Å². The summed E-state index contributed by atoms with van der Waals surface area (Å²) >= 11 is 12.7. The Labute approximate surface area is 230 Å². The van der Waals surface area contributed by atoms with Gasteiger partial charge in [-0.3, -0.25) is 4.79 Å². The summed E-state index contributed by atoms with van der Waals surface area (Å²) in [7, 11) is 1.36. The van der Waals surface area contributed by atoms with Crippen molar-refractivity contribution >= 4 is 40.7 Å². The molecule has 7 nitrogen and oxygen atoms in total. The number of fused-ring (bicyclic) bond motifs is 1. The highest BCUT2D eigenvalue weighted by Crippen LogP contribution is 2.37. The largest absolute Gasteiger partial charge is 0.485 e. The number of ether oxygens (including phenoxy) is 3. The minimum atomic E-state index is -0.372. The smallest absolute Gasteiger partial charge is 0.337 e. The average molecular weight is 553 g/mol. The molecule has 0 amide bonds. The molecule has 2 heterocycles. The molecule has 0 bridgehead atoms. The second-order valence-electron chi connectivity index (χ2n) is 9.31. The third kappa shape index (κ3) is 5.49. The lowest BCUT2D eigenvalue weighted by Gasteiger charge is -2.26. The quantitative estimate of drug-likeness (QED) is 0.271. The number of nitrogens with zero attached hydrogens (tertiary/aromatic N) is 1. The van der Waals surface area contributed by atoms with Crippen molar-refractivity contribution in [2.75, 3.05) is 13.7 Å². The molecule has 1 saturated carbocycles. The first-order valence-corrected chi connectivity index (χ1v) is 13.0. The fourth-order valence-electron chi connectivity index (χ4n) is 4.46. The molecule has 2 aliphatic rings. The number of pyridine rings is 1. The third-order valence-electron chi connectivity index (χ3n) is 6.72. The lowest BCUT2D eigenvalue weighted by atomic mass is 9.97. The van der Waals surface area contributed by atoms with Crippen LogP contribution in [0.1, 0.15) is 52.4 Å². The number of carbonyl (C=O) groups excluding carboxylic acids is 2. The number of aromatic nitrogens is 1. The fraction of sp³-hybridized carbons (Fsp3) is 0.276. The van der Waals surface area contributed by atoms with Gasteiger partial charge < -0.3 is 19.9 Å². The number of rotatable bonds is 8. The van der Waals surface area contributed by atoms with E-state index in [9.17, 15) is 9.59 Å². The molecule has 2 aromatic carbocycles. The van der Waals surface area contributed by atoms with Crippen LogP contribution in [0.3, 0.4) is 0 Å². The Hall–Kier alpha value is -3.55. The number of Topliss-reactive ketones (excluding diaryl/α,β-unsaturated/α-hetero) is 1. The summed E-state index contributed by atoms with van der Waals surface area (Å²) in [4.78, 5) is 29.3. The van der Waals surface area contributed by atoms with Gasteiger partial charge in [0.15, 0.2) is 5.78 Å². The number of halogens is 2. The standard InChI is InChI=1S/C29H26Cl2N2O5/c1-36-29(35)18-8-11-23-17(13-18)7-10-24(38-23)19-9-12-25(33-14-19)37-15-20(28(34)16-5-6-16)27(32)26-21(30)3-2-4-22(26)31/h2-4,8-9,11-14,16,24H,5-7,10,15,32H2,1H3. The Morgan fingerprint density at radius 1 is 1.08 bits per heavy atom. The van der Waals surface area contributed by atoms with Gasteiger partial charge in [0.2, 0.25) is 5.88 Å². The molecule has 1 aliphatic heterocycles. The van der Waals surface area contributed by atoms with E-state index in [0.29, 0.717) is 32.6 Å². The molecule has 2 N–H and O–H groups in total. The maximum atomic E-state index is 13.0. The summed E-state index contributed by atoms with van der Waals surface area (Å²) in [5, 5.41) is 0.739. The normalized spacial score (nSPS) is 17.1. The number of esters is 1. The maximum absolute atomic E-state index is 13.0. The molecular weight excluding hydrogens is 527 g/mol. The van der Waals surface area contributed by atoms with Crippen molar-refractivity contribution < 1.29 is 23.8 Å². The Kier molecular flexibility index (Phi) is 7.58. The molecule has 0 spiro atoms. The lowest BCUT2D eigenvalue weighted by Crippen LogP contribution is -2.19. The lowest BCUT2D eigenvalue weighted by molar-refractivity contribution is -0.117. The third-order valence-corrected chi connectivity index (χ3v) is 7.35. The molecule has 1 fully saturated rings. The second kappa shape index (κ2) is 11.1. The van der Waals surface area contributed by atoms with Crippen molar-refractivity contribution in [1.82, 2.24) is 4.98 Å². The van der Waals surface area contributed by atoms with Crippen molar-refractivity contribution in [3.05, 3.63) is 92.6 Å². The van der Waals surface area contributed by atoms with Crippen LogP contribution in [0.25, 0.3) is 5.70 Å². The number of hydrogen-bond acceptors (Lipinski definition) is 7. The molecule has 5 rings (SSSR count). The van der Waals surface area contributed by atoms with E-state index in [1.807, 2.05) is 12.1 Å². The summed E-state index contributed by atoms with van der Waals surface area (Å²) in [5.74, 6) is 0.602. The highest BCUT2D eigenvalue weighted by molar-refractivity contribution is 6.37. The summed E-state index contributed by atoms with van der Waals surface area (Å²) in [6.45, 7) is -0.0507. The summed E-state index contributed by atoms with van der Waals surface area (Å²) in [6, 6.07) is 14.0. The van der Waals surface area contributed by atoms with Crippen LogP contribution in [-0.2, 0) is 16.0 Å². The van der Waals surface area contributed by atoms with Gasteiger partial charge in [-0.15, -0.1) is 0 Å². The van der Waals surface area contributed by atoms with Crippen LogP contribution in [0.5, 0.6) is 11.6 Å². The highest BCUT2D eigenvalue weighted by atomic mass is 35.5. The van der Waals surface area contributed by atoms with Gasteiger partial charge >= 0.3 is 5.97 Å². The predicted octanol–water partition coefficient (Wildman–Crippen LogP) is 5.97. The van der Waals surface area contributed by atoms with Gasteiger partial charge in [-0.25, -0.2) is 9.78 Å². The zero-order valence-corrected chi connectivity index (χ0v) is 22.2. The second-order valence-corrected chi connectivity index (χ2v) is 10.1. The van der Waals surface area contributed by atoms with Gasteiger partial charge in [-0.1, -0.05) is 29.3 Å². The first-order valence-electron chi connectivity index (χ1n) is 12.3. The average Bonchev–Trinajstić information content (AvgIpc) is 3.78. The number of carbonyl (C=O) groups is 2. The predicted molar refractivity (Wildman–Crippen MR) is 145 cm³/mol. The molecule has 1 atom stereocenters. The number of ketones is 1. The topological polar surface area (TPSA) is 101 Å². The van der Waals surface area contributed by atoms with Gasteiger partial charge in [-0.05, 0) is 67.6 Å². The van der Waals surface area contributed by atoms with E-state index in [4.69, 9.17) is 43.1 Å². The first-order chi connectivity index (χ1) is 18.4. The van der Waals surface area contributed by atoms with Crippen LogP contribution in [0.2, 0.25) is 10.0 Å². The van der Waals surface area contributed by atoms with Crippen LogP contribution < -0.4 is 15.2 Å². The molecule has 3 aromatic rings. The number of benzene rings is 2. The zero-order chi connectivity index (χ0) is 26.8. The van der Waals surface area contributed by atoms with Gasteiger partial charge in [0.25, 0.3) is 0 Å². The Morgan fingerprint density at radius 3 is 2.50 bits per heavy atom.